The van der Waals surface area contributed by atoms with Crippen molar-refractivity contribution < 1.29 is 14.6 Å². The van der Waals surface area contributed by atoms with Gasteiger partial charge in [-0.3, -0.25) is 4.79 Å². The van der Waals surface area contributed by atoms with E-state index < -0.39 is 5.60 Å². The standard InChI is InChI=1S/C12H22N2O3/c15-11(2-1-10-3-5-13-7-10)14-8-12(16)4-6-17-9-12/h10,13,16H,1-9H2,(H,14,15). The van der Waals surface area contributed by atoms with Crippen LogP contribution in [0.3, 0.4) is 0 Å². The van der Waals surface area contributed by atoms with E-state index in [-0.39, 0.29) is 5.91 Å². The monoisotopic (exact) mass is 242 g/mol. The average molecular weight is 242 g/mol. The molecule has 2 rings (SSSR count). The van der Waals surface area contributed by atoms with Gasteiger partial charge in [-0.05, 0) is 31.8 Å². The minimum atomic E-state index is -0.843. The molecule has 0 spiro atoms. The van der Waals surface area contributed by atoms with Crippen LogP contribution in [0.2, 0.25) is 0 Å². The Morgan fingerprint density at radius 3 is 3.12 bits per heavy atom. The molecule has 5 heteroatoms. The van der Waals surface area contributed by atoms with Gasteiger partial charge in [0.2, 0.25) is 5.91 Å². The number of hydrogen-bond acceptors (Lipinski definition) is 4. The quantitative estimate of drug-likeness (QED) is 0.616. The molecule has 2 atom stereocenters. The molecule has 1 amide bonds. The van der Waals surface area contributed by atoms with Crippen molar-refractivity contribution >= 4 is 5.91 Å². The van der Waals surface area contributed by atoms with Crippen molar-refractivity contribution in [1.29, 1.82) is 0 Å². The van der Waals surface area contributed by atoms with Crippen molar-refractivity contribution in [1.82, 2.24) is 10.6 Å². The molecule has 2 aliphatic rings. The van der Waals surface area contributed by atoms with Crippen molar-refractivity contribution in [2.75, 3.05) is 32.8 Å². The van der Waals surface area contributed by atoms with E-state index in [1.54, 1.807) is 0 Å². The number of ether oxygens (including phenoxy) is 1. The third-order valence-corrected chi connectivity index (χ3v) is 3.64. The maximum Gasteiger partial charge on any atom is 0.220 e. The van der Waals surface area contributed by atoms with Gasteiger partial charge in [0.25, 0.3) is 0 Å². The van der Waals surface area contributed by atoms with E-state index in [0.717, 1.165) is 19.5 Å². The van der Waals surface area contributed by atoms with Gasteiger partial charge < -0.3 is 20.5 Å². The van der Waals surface area contributed by atoms with Crippen LogP contribution in [0.15, 0.2) is 0 Å². The molecule has 0 saturated carbocycles. The average Bonchev–Trinajstić information content (AvgIpc) is 2.95. The Hall–Kier alpha value is -0.650. The highest BCUT2D eigenvalue weighted by atomic mass is 16.5. The number of rotatable bonds is 5. The molecule has 5 nitrogen and oxygen atoms in total. The van der Waals surface area contributed by atoms with Crippen LogP contribution in [0.5, 0.6) is 0 Å². The Labute approximate surface area is 102 Å². The van der Waals surface area contributed by atoms with Crippen molar-refractivity contribution in [3.8, 4) is 0 Å². The van der Waals surface area contributed by atoms with Gasteiger partial charge in [0.15, 0.2) is 0 Å². The van der Waals surface area contributed by atoms with Crippen LogP contribution in [-0.2, 0) is 9.53 Å². The molecule has 0 aromatic carbocycles. The molecule has 0 aliphatic carbocycles. The summed E-state index contributed by atoms with van der Waals surface area (Å²) in [6, 6.07) is 0. The molecule has 2 aliphatic heterocycles. The third-order valence-electron chi connectivity index (χ3n) is 3.64. The second-order valence-electron chi connectivity index (χ2n) is 5.20. The van der Waals surface area contributed by atoms with E-state index in [2.05, 4.69) is 10.6 Å². The summed E-state index contributed by atoms with van der Waals surface area (Å²) in [6.45, 7) is 3.34. The zero-order valence-electron chi connectivity index (χ0n) is 10.2. The first-order chi connectivity index (χ1) is 8.18. The fourth-order valence-corrected chi connectivity index (χ4v) is 2.38. The molecular weight excluding hydrogens is 220 g/mol. The largest absolute Gasteiger partial charge is 0.386 e. The lowest BCUT2D eigenvalue weighted by atomic mass is 10.0. The highest BCUT2D eigenvalue weighted by molar-refractivity contribution is 5.75. The van der Waals surface area contributed by atoms with E-state index >= 15 is 0 Å². The molecular formula is C12H22N2O3. The van der Waals surface area contributed by atoms with Gasteiger partial charge in [0, 0.05) is 26.0 Å². The van der Waals surface area contributed by atoms with Gasteiger partial charge in [-0.15, -0.1) is 0 Å². The van der Waals surface area contributed by atoms with Crippen molar-refractivity contribution in [3.63, 3.8) is 0 Å². The SMILES string of the molecule is O=C(CCC1CCNC1)NCC1(O)CCOC1. The van der Waals surface area contributed by atoms with Gasteiger partial charge in [-0.2, -0.15) is 0 Å². The summed E-state index contributed by atoms with van der Waals surface area (Å²) in [5, 5.41) is 16.1. The van der Waals surface area contributed by atoms with Gasteiger partial charge >= 0.3 is 0 Å². The first kappa shape index (κ1) is 12.8. The number of hydrogen-bond donors (Lipinski definition) is 3. The van der Waals surface area contributed by atoms with Crippen LogP contribution in [0.4, 0.5) is 0 Å². The summed E-state index contributed by atoms with van der Waals surface area (Å²) < 4.78 is 5.12. The van der Waals surface area contributed by atoms with E-state index in [9.17, 15) is 9.90 Å². The van der Waals surface area contributed by atoms with Gasteiger partial charge in [-0.25, -0.2) is 0 Å². The predicted octanol–water partition coefficient (Wildman–Crippen LogP) is -0.356. The van der Waals surface area contributed by atoms with Gasteiger partial charge in [0.1, 0.15) is 5.60 Å². The third kappa shape index (κ3) is 3.94. The van der Waals surface area contributed by atoms with E-state index in [1.165, 1.54) is 6.42 Å². The maximum atomic E-state index is 11.6. The fraction of sp³-hybridized carbons (Fsp3) is 0.917. The number of amides is 1. The molecule has 17 heavy (non-hydrogen) atoms. The number of carbonyl (C=O) groups is 1. The van der Waals surface area contributed by atoms with E-state index in [0.29, 0.717) is 38.5 Å². The second kappa shape index (κ2) is 5.80. The van der Waals surface area contributed by atoms with E-state index in [4.69, 9.17) is 4.74 Å². The van der Waals surface area contributed by atoms with Gasteiger partial charge in [0.05, 0.1) is 6.61 Å². The number of carbonyl (C=O) groups excluding carboxylic acids is 1. The number of nitrogens with one attached hydrogen (secondary N) is 2. The Morgan fingerprint density at radius 1 is 1.59 bits per heavy atom. The second-order valence-corrected chi connectivity index (χ2v) is 5.20. The van der Waals surface area contributed by atoms with Crippen LogP contribution in [-0.4, -0.2) is 49.5 Å². The summed E-state index contributed by atoms with van der Waals surface area (Å²) in [5.41, 5.74) is -0.843. The van der Waals surface area contributed by atoms with E-state index in [1.807, 2.05) is 0 Å². The summed E-state index contributed by atoms with van der Waals surface area (Å²) in [7, 11) is 0. The topological polar surface area (TPSA) is 70.6 Å². The zero-order valence-corrected chi connectivity index (χ0v) is 10.2. The normalized spacial score (nSPS) is 32.9. The molecule has 2 heterocycles. The fourth-order valence-electron chi connectivity index (χ4n) is 2.38. The van der Waals surface area contributed by atoms with Crippen LogP contribution in [0.1, 0.15) is 25.7 Å². The summed E-state index contributed by atoms with van der Waals surface area (Å²) >= 11 is 0. The summed E-state index contributed by atoms with van der Waals surface area (Å²) in [4.78, 5) is 11.6. The molecule has 2 saturated heterocycles. The smallest absolute Gasteiger partial charge is 0.220 e. The van der Waals surface area contributed by atoms with Crippen molar-refractivity contribution in [2.45, 2.75) is 31.3 Å². The highest BCUT2D eigenvalue weighted by Crippen LogP contribution is 2.17. The zero-order chi connectivity index (χ0) is 12.1. The first-order valence-electron chi connectivity index (χ1n) is 6.45. The van der Waals surface area contributed by atoms with Gasteiger partial charge in [-0.1, -0.05) is 0 Å². The molecule has 0 bridgehead atoms. The summed E-state index contributed by atoms with van der Waals surface area (Å²) in [6.07, 6.45) is 3.28. The minimum absolute atomic E-state index is 0.0391. The molecule has 2 unspecified atom stereocenters. The van der Waals surface area contributed by atoms with Crippen LogP contribution in [0, 0.1) is 5.92 Å². The van der Waals surface area contributed by atoms with Crippen LogP contribution in [0.25, 0.3) is 0 Å². The molecule has 0 radical (unpaired) electrons. The molecule has 0 aromatic rings. The molecule has 0 aromatic heterocycles. The van der Waals surface area contributed by atoms with Crippen LogP contribution < -0.4 is 10.6 Å². The minimum Gasteiger partial charge on any atom is -0.386 e. The predicted molar refractivity (Wildman–Crippen MR) is 63.6 cm³/mol. The highest BCUT2D eigenvalue weighted by Gasteiger charge is 2.32. The maximum absolute atomic E-state index is 11.6. The lowest BCUT2D eigenvalue weighted by molar-refractivity contribution is -0.122. The van der Waals surface area contributed by atoms with Crippen molar-refractivity contribution in [3.05, 3.63) is 0 Å². The first-order valence-corrected chi connectivity index (χ1v) is 6.45. The lowest BCUT2D eigenvalue weighted by Crippen LogP contribution is -2.43. The Morgan fingerprint density at radius 2 is 2.47 bits per heavy atom. The Kier molecular flexibility index (Phi) is 4.36. The Bertz CT molecular complexity index is 258. The number of aliphatic hydroxyl groups is 1. The van der Waals surface area contributed by atoms with Crippen molar-refractivity contribution in [2.24, 2.45) is 5.92 Å². The van der Waals surface area contributed by atoms with Crippen LogP contribution >= 0.6 is 0 Å². The molecule has 2 fully saturated rings. The molecule has 3 N–H and O–H groups in total. The lowest BCUT2D eigenvalue weighted by Gasteiger charge is -2.20. The Balaban J connectivity index is 1.60. The summed E-state index contributed by atoms with van der Waals surface area (Å²) in [5.74, 6) is 0.677. The molecule has 98 valence electrons.